The predicted octanol–water partition coefficient (Wildman–Crippen LogP) is 4.10. The van der Waals surface area contributed by atoms with Crippen LogP contribution < -0.4 is 20.3 Å². The number of hydrogen-bond donors (Lipinski definition) is 2. The van der Waals surface area contributed by atoms with E-state index in [2.05, 4.69) is 45.5 Å². The van der Waals surface area contributed by atoms with Crippen LogP contribution in [0.5, 0.6) is 11.5 Å². The van der Waals surface area contributed by atoms with Crippen LogP contribution in [0.15, 0.2) is 48.5 Å². The van der Waals surface area contributed by atoms with Gasteiger partial charge in [0.05, 0.1) is 0 Å². The van der Waals surface area contributed by atoms with Crippen LogP contribution in [0.25, 0.3) is 0 Å². The molecule has 162 valence electrons. The van der Waals surface area contributed by atoms with E-state index in [9.17, 15) is 9.59 Å². The van der Waals surface area contributed by atoms with Crippen molar-refractivity contribution in [2.24, 2.45) is 0 Å². The first kappa shape index (κ1) is 23.3. The van der Waals surface area contributed by atoms with Crippen LogP contribution in [0.2, 0.25) is 0 Å². The smallest absolute Gasteiger partial charge is 0.276 e. The molecule has 2 N–H and O–H groups in total. The Balaban J connectivity index is 1.74. The van der Waals surface area contributed by atoms with Gasteiger partial charge in [0.1, 0.15) is 11.5 Å². The molecule has 0 bridgehead atoms. The number of ether oxygens (including phenoxy) is 2. The number of hydrazine groups is 1. The SMILES string of the molecule is CCC(C)c1ccccc1OCC(=O)NNC(=O)COc1ccc(C(C)(C)C)cc1. The molecule has 2 amide bonds. The zero-order valence-electron chi connectivity index (χ0n) is 18.5. The molecule has 0 aliphatic rings. The van der Waals surface area contributed by atoms with Gasteiger partial charge in [-0.3, -0.25) is 20.4 Å². The van der Waals surface area contributed by atoms with E-state index >= 15 is 0 Å². The van der Waals surface area contributed by atoms with Gasteiger partial charge in [0.15, 0.2) is 13.2 Å². The predicted molar refractivity (Wildman–Crippen MR) is 118 cm³/mol. The van der Waals surface area contributed by atoms with Crippen molar-refractivity contribution in [3.8, 4) is 11.5 Å². The lowest BCUT2D eigenvalue weighted by molar-refractivity contribution is -0.131. The maximum Gasteiger partial charge on any atom is 0.276 e. The third-order valence-corrected chi connectivity index (χ3v) is 4.85. The molecule has 0 spiro atoms. The van der Waals surface area contributed by atoms with Crippen LogP contribution in [0.4, 0.5) is 0 Å². The molecule has 6 heteroatoms. The van der Waals surface area contributed by atoms with Gasteiger partial charge in [0, 0.05) is 0 Å². The van der Waals surface area contributed by atoms with Crippen molar-refractivity contribution < 1.29 is 19.1 Å². The Hall–Kier alpha value is -3.02. The summed E-state index contributed by atoms with van der Waals surface area (Å²) in [6.07, 6.45) is 0.974. The summed E-state index contributed by atoms with van der Waals surface area (Å²) in [7, 11) is 0. The minimum atomic E-state index is -0.455. The Kier molecular flexibility index (Phi) is 8.27. The van der Waals surface area contributed by atoms with Crippen LogP contribution >= 0.6 is 0 Å². The molecule has 1 unspecified atom stereocenters. The van der Waals surface area contributed by atoms with Crippen molar-refractivity contribution in [3.63, 3.8) is 0 Å². The molecule has 2 aromatic rings. The number of hydrogen-bond acceptors (Lipinski definition) is 4. The first-order valence-electron chi connectivity index (χ1n) is 10.2. The van der Waals surface area contributed by atoms with Gasteiger partial charge in [-0.25, -0.2) is 0 Å². The average Bonchev–Trinajstić information content (AvgIpc) is 2.74. The zero-order chi connectivity index (χ0) is 22.1. The highest BCUT2D eigenvalue weighted by Gasteiger charge is 2.14. The minimum absolute atomic E-state index is 0.0529. The molecule has 6 nitrogen and oxygen atoms in total. The normalized spacial score (nSPS) is 12.0. The van der Waals surface area contributed by atoms with Gasteiger partial charge in [-0.15, -0.1) is 0 Å². The number of nitrogens with one attached hydrogen (secondary N) is 2. The lowest BCUT2D eigenvalue weighted by Gasteiger charge is -2.19. The fourth-order valence-corrected chi connectivity index (χ4v) is 2.79. The molecule has 0 saturated carbocycles. The molecule has 0 fully saturated rings. The average molecular weight is 413 g/mol. The Morgan fingerprint density at radius 2 is 1.47 bits per heavy atom. The molecule has 30 heavy (non-hydrogen) atoms. The van der Waals surface area contributed by atoms with Crippen molar-refractivity contribution in [2.45, 2.75) is 52.4 Å². The van der Waals surface area contributed by atoms with Crippen LogP contribution in [0, 0.1) is 0 Å². The summed E-state index contributed by atoms with van der Waals surface area (Å²) in [6, 6.07) is 15.3. The van der Waals surface area contributed by atoms with Crippen LogP contribution in [-0.4, -0.2) is 25.0 Å². The highest BCUT2D eigenvalue weighted by Crippen LogP contribution is 2.28. The fraction of sp³-hybridized carbons (Fsp3) is 0.417. The topological polar surface area (TPSA) is 76.7 Å². The van der Waals surface area contributed by atoms with E-state index in [1.165, 1.54) is 5.56 Å². The molecular formula is C24H32N2O4. The van der Waals surface area contributed by atoms with Gasteiger partial charge >= 0.3 is 0 Å². The summed E-state index contributed by atoms with van der Waals surface area (Å²) in [6.45, 7) is 10.2. The summed E-state index contributed by atoms with van der Waals surface area (Å²) in [5, 5.41) is 0. The number of rotatable bonds is 8. The zero-order valence-corrected chi connectivity index (χ0v) is 18.5. The first-order valence-corrected chi connectivity index (χ1v) is 10.2. The molecular weight excluding hydrogens is 380 g/mol. The highest BCUT2D eigenvalue weighted by molar-refractivity contribution is 5.83. The van der Waals surface area contributed by atoms with Crippen molar-refractivity contribution >= 4 is 11.8 Å². The standard InChI is InChI=1S/C24H32N2O4/c1-6-17(2)20-9-7-8-10-21(20)30-16-23(28)26-25-22(27)15-29-19-13-11-18(12-14-19)24(3,4)5/h7-14,17H,6,15-16H2,1-5H3,(H,25,27)(H,26,28). The van der Waals surface area contributed by atoms with E-state index in [-0.39, 0.29) is 18.6 Å². The van der Waals surface area contributed by atoms with Crippen molar-refractivity contribution in [1.82, 2.24) is 10.9 Å². The molecule has 0 heterocycles. The van der Waals surface area contributed by atoms with Crippen LogP contribution in [0.1, 0.15) is 58.1 Å². The van der Waals surface area contributed by atoms with E-state index < -0.39 is 11.8 Å². The third-order valence-electron chi connectivity index (χ3n) is 4.85. The van der Waals surface area contributed by atoms with Gasteiger partial charge < -0.3 is 9.47 Å². The van der Waals surface area contributed by atoms with E-state index in [1.54, 1.807) is 0 Å². The number of amides is 2. The van der Waals surface area contributed by atoms with E-state index in [0.29, 0.717) is 17.4 Å². The summed E-state index contributed by atoms with van der Waals surface area (Å²) in [5.74, 6) is 0.698. The second-order valence-corrected chi connectivity index (χ2v) is 8.30. The monoisotopic (exact) mass is 412 g/mol. The third kappa shape index (κ3) is 7.10. The Bertz CT molecular complexity index is 841. The summed E-state index contributed by atoms with van der Waals surface area (Å²) in [5.41, 5.74) is 6.96. The number of benzene rings is 2. The number of carbonyl (C=O) groups is 2. The second-order valence-electron chi connectivity index (χ2n) is 8.30. The lowest BCUT2D eigenvalue weighted by atomic mass is 9.87. The minimum Gasteiger partial charge on any atom is -0.484 e. The maximum absolute atomic E-state index is 12.0. The Morgan fingerprint density at radius 3 is 2.03 bits per heavy atom. The number of para-hydroxylation sites is 1. The fourth-order valence-electron chi connectivity index (χ4n) is 2.79. The molecule has 0 aliphatic heterocycles. The molecule has 2 rings (SSSR count). The van der Waals surface area contributed by atoms with Crippen molar-refractivity contribution in [3.05, 3.63) is 59.7 Å². The quantitative estimate of drug-likeness (QED) is 0.640. The Labute approximate surface area is 178 Å². The van der Waals surface area contributed by atoms with Crippen LogP contribution in [0.3, 0.4) is 0 Å². The molecule has 0 aliphatic carbocycles. The summed E-state index contributed by atoms with van der Waals surface area (Å²) >= 11 is 0. The summed E-state index contributed by atoms with van der Waals surface area (Å²) in [4.78, 5) is 23.9. The van der Waals surface area contributed by atoms with Gasteiger partial charge in [-0.2, -0.15) is 0 Å². The van der Waals surface area contributed by atoms with Gasteiger partial charge in [-0.1, -0.05) is 65.0 Å². The van der Waals surface area contributed by atoms with Crippen LogP contribution in [-0.2, 0) is 15.0 Å². The highest BCUT2D eigenvalue weighted by atomic mass is 16.5. The van der Waals surface area contributed by atoms with Crippen molar-refractivity contribution in [2.75, 3.05) is 13.2 Å². The van der Waals surface area contributed by atoms with E-state index in [4.69, 9.17) is 9.47 Å². The Morgan fingerprint density at radius 1 is 0.900 bits per heavy atom. The van der Waals surface area contributed by atoms with Gasteiger partial charge in [-0.05, 0) is 47.1 Å². The number of carbonyl (C=O) groups excluding carboxylic acids is 2. The molecule has 0 aromatic heterocycles. The second kappa shape index (κ2) is 10.7. The largest absolute Gasteiger partial charge is 0.484 e. The molecule has 0 radical (unpaired) electrons. The van der Waals surface area contributed by atoms with Crippen molar-refractivity contribution in [1.29, 1.82) is 0 Å². The van der Waals surface area contributed by atoms with Gasteiger partial charge in [0.25, 0.3) is 11.8 Å². The summed E-state index contributed by atoms with van der Waals surface area (Å²) < 4.78 is 11.1. The van der Waals surface area contributed by atoms with E-state index in [1.807, 2.05) is 48.5 Å². The lowest BCUT2D eigenvalue weighted by Crippen LogP contribution is -2.45. The van der Waals surface area contributed by atoms with Gasteiger partial charge in [0.2, 0.25) is 0 Å². The molecule has 2 aromatic carbocycles. The first-order chi connectivity index (χ1) is 14.2. The molecule has 0 saturated heterocycles. The molecule has 1 atom stereocenters. The van der Waals surface area contributed by atoms with E-state index in [0.717, 1.165) is 12.0 Å². The maximum atomic E-state index is 12.0.